The van der Waals surface area contributed by atoms with Crippen molar-refractivity contribution >= 4 is 34.0 Å². The molecule has 12 heteroatoms. The fourth-order valence-corrected chi connectivity index (χ4v) is 9.26. The molecule has 57 heavy (non-hydrogen) atoms. The van der Waals surface area contributed by atoms with E-state index in [1.54, 1.807) is 23.1 Å². The maximum absolute atomic E-state index is 16.4. The second-order valence-electron chi connectivity index (χ2n) is 16.0. The van der Waals surface area contributed by atoms with Crippen LogP contribution >= 0.6 is 0 Å². The van der Waals surface area contributed by atoms with Crippen molar-refractivity contribution in [3.63, 3.8) is 0 Å². The largest absolute Gasteiger partial charge is 0.507 e. The summed E-state index contributed by atoms with van der Waals surface area (Å²) in [5.74, 6) is 0.685. The number of halogens is 1. The van der Waals surface area contributed by atoms with Gasteiger partial charge in [-0.1, -0.05) is 36.4 Å². The Hall–Kier alpha value is -5.46. The highest BCUT2D eigenvalue weighted by Gasteiger charge is 2.39. The summed E-state index contributed by atoms with van der Waals surface area (Å²) < 4.78 is 35.1. The number of nitrogens with zero attached hydrogens (tertiary/aromatic N) is 7. The molecule has 0 saturated carbocycles. The monoisotopic (exact) mass is 771 g/mol. The summed E-state index contributed by atoms with van der Waals surface area (Å²) in [6, 6.07) is 25.5. The minimum Gasteiger partial charge on any atom is -0.507 e. The van der Waals surface area contributed by atoms with Crippen LogP contribution < -0.4 is 20.9 Å². The van der Waals surface area contributed by atoms with E-state index in [1.807, 2.05) is 53.6 Å². The van der Waals surface area contributed by atoms with Gasteiger partial charge in [-0.2, -0.15) is 0 Å². The zero-order valence-electron chi connectivity index (χ0n) is 34.2. The Morgan fingerprint density at radius 1 is 0.947 bits per heavy atom. The lowest BCUT2D eigenvalue weighted by Crippen LogP contribution is -2.51. The molecule has 6 heterocycles. The number of likely N-dealkylation sites (tertiary alicyclic amines) is 2. The van der Waals surface area contributed by atoms with Crippen LogP contribution in [0.15, 0.2) is 97.3 Å². The lowest BCUT2D eigenvalue weighted by molar-refractivity contribution is 0.0158. The van der Waals surface area contributed by atoms with Crippen molar-refractivity contribution in [2.24, 2.45) is 0 Å². The molecule has 0 bridgehead atoms. The first kappa shape index (κ1) is 34.8. The molecule has 4 aliphatic heterocycles. The van der Waals surface area contributed by atoms with Crippen molar-refractivity contribution in [1.82, 2.24) is 29.9 Å². The zero-order valence-corrected chi connectivity index (χ0v) is 32.2. The van der Waals surface area contributed by atoms with E-state index < -0.39 is 18.8 Å². The molecule has 9 rings (SSSR count). The van der Waals surface area contributed by atoms with E-state index in [4.69, 9.17) is 8.48 Å². The molecule has 2 aromatic heterocycles. The number of hydrogen-bond donors (Lipinski definition) is 3. The van der Waals surface area contributed by atoms with E-state index in [0.717, 1.165) is 79.7 Å². The Labute approximate surface area is 336 Å². The second kappa shape index (κ2) is 15.8. The van der Waals surface area contributed by atoms with Crippen molar-refractivity contribution in [3.8, 4) is 17.0 Å². The summed E-state index contributed by atoms with van der Waals surface area (Å²) in [5.41, 5.74) is 10.8. The van der Waals surface area contributed by atoms with E-state index in [9.17, 15) is 9.90 Å². The molecule has 3 aromatic carbocycles. The van der Waals surface area contributed by atoms with Gasteiger partial charge in [-0.3, -0.25) is 10.1 Å². The molecule has 4 N–H and O–H groups in total. The molecular formula is C45H52FN9O2. The van der Waals surface area contributed by atoms with Crippen LogP contribution in [0.2, 0.25) is 0 Å². The normalized spacial score (nSPS) is 23.7. The number of phenols is 1. The second-order valence-corrected chi connectivity index (χ2v) is 16.0. The fourth-order valence-electron chi connectivity index (χ4n) is 9.26. The van der Waals surface area contributed by atoms with Crippen molar-refractivity contribution < 1.29 is 17.0 Å². The Morgan fingerprint density at radius 3 is 2.54 bits per heavy atom. The number of nitrogen functional groups attached to an aromatic ring is 1. The lowest BCUT2D eigenvalue weighted by Gasteiger charge is -2.41. The molecule has 0 aliphatic carbocycles. The minimum absolute atomic E-state index is 0.0504. The summed E-state index contributed by atoms with van der Waals surface area (Å²) in [7, 11) is 0. The van der Waals surface area contributed by atoms with Gasteiger partial charge in [-0.15, -0.1) is 10.2 Å². The SMILES string of the molecule is [2H]C1C=CN(c2cccc3c2ccn3C2CCN(CC3(F)CCN(C(=O)c4ccc(C5CCCN(c6cc(-c7ccccc7O)nnc6N)C5)cc4)CC3)CC2)C([2H])N1. The minimum atomic E-state index is -1.33. The third kappa shape index (κ3) is 7.68. The van der Waals surface area contributed by atoms with Gasteiger partial charge in [-0.25, -0.2) is 4.39 Å². The molecule has 11 nitrogen and oxygen atoms in total. The molecule has 4 aliphatic rings. The first-order chi connectivity index (χ1) is 28.6. The zero-order chi connectivity index (χ0) is 40.7. The number of phenolic OH excluding ortho intramolecular Hbond substituents is 1. The number of piperidine rings is 3. The predicted octanol–water partition coefficient (Wildman–Crippen LogP) is 6.93. The molecule has 3 atom stereocenters. The lowest BCUT2D eigenvalue weighted by atomic mass is 9.89. The number of nitrogens with two attached hydrogens (primary N) is 1. The van der Waals surface area contributed by atoms with Gasteiger partial charge in [0.25, 0.3) is 5.91 Å². The van der Waals surface area contributed by atoms with Gasteiger partial charge in [0.05, 0.1) is 30.6 Å². The average Bonchev–Trinajstić information content (AvgIpc) is 3.69. The van der Waals surface area contributed by atoms with Crippen molar-refractivity contribution in [2.45, 2.75) is 56.2 Å². The number of carbonyl (C=O) groups is 1. The van der Waals surface area contributed by atoms with Gasteiger partial charge in [0, 0.05) is 107 Å². The van der Waals surface area contributed by atoms with Gasteiger partial charge < -0.3 is 35.0 Å². The Morgan fingerprint density at radius 2 is 1.75 bits per heavy atom. The number of aromatic hydroxyl groups is 1. The smallest absolute Gasteiger partial charge is 0.253 e. The van der Waals surface area contributed by atoms with Gasteiger partial charge in [0.1, 0.15) is 11.4 Å². The third-order valence-electron chi connectivity index (χ3n) is 12.4. The van der Waals surface area contributed by atoms with Crippen LogP contribution in [-0.2, 0) is 0 Å². The molecular weight excluding hydrogens is 718 g/mol. The Bertz CT molecular complexity index is 2320. The Balaban J connectivity index is 0.771. The molecule has 296 valence electrons. The summed E-state index contributed by atoms with van der Waals surface area (Å²) in [4.78, 5) is 21.8. The van der Waals surface area contributed by atoms with Crippen LogP contribution in [-0.4, -0.2) is 100 Å². The number of aromatic nitrogens is 3. The topological polar surface area (TPSA) is 119 Å². The van der Waals surface area contributed by atoms with E-state index in [2.05, 4.69) is 60.3 Å². The number of benzene rings is 3. The molecule has 3 fully saturated rings. The summed E-state index contributed by atoms with van der Waals surface area (Å²) in [6.07, 6.45) is 10.2. The number of fused-ring (bicyclic) bond motifs is 1. The van der Waals surface area contributed by atoms with Gasteiger partial charge in [-0.05, 0) is 79.8 Å². The van der Waals surface area contributed by atoms with Crippen LogP contribution in [0.4, 0.5) is 21.6 Å². The molecule has 3 unspecified atom stereocenters. The molecule has 0 radical (unpaired) electrons. The van der Waals surface area contributed by atoms with Crippen LogP contribution in [0.3, 0.4) is 0 Å². The number of amides is 1. The molecule has 5 aromatic rings. The van der Waals surface area contributed by atoms with Crippen LogP contribution in [0, 0.1) is 0 Å². The van der Waals surface area contributed by atoms with Gasteiger partial charge in [0.15, 0.2) is 5.82 Å². The van der Waals surface area contributed by atoms with E-state index in [0.29, 0.717) is 61.2 Å². The van der Waals surface area contributed by atoms with E-state index in [-0.39, 0.29) is 17.6 Å². The number of carbonyl (C=O) groups excluding carboxylic acids is 1. The van der Waals surface area contributed by atoms with Gasteiger partial charge >= 0.3 is 0 Å². The molecule has 1 amide bonds. The van der Waals surface area contributed by atoms with E-state index in [1.165, 1.54) is 0 Å². The highest BCUT2D eigenvalue weighted by Crippen LogP contribution is 2.37. The first-order valence-corrected chi connectivity index (χ1v) is 20.3. The summed E-state index contributed by atoms with van der Waals surface area (Å²) in [5, 5.41) is 22.9. The number of hydrogen-bond acceptors (Lipinski definition) is 9. The highest BCUT2D eigenvalue weighted by molar-refractivity contribution is 5.94. The number of nitrogens with one attached hydrogen (secondary N) is 1. The molecule has 3 saturated heterocycles. The fraction of sp³-hybridized carbons (Fsp3) is 0.400. The quantitative estimate of drug-likeness (QED) is 0.154. The summed E-state index contributed by atoms with van der Waals surface area (Å²) >= 11 is 0. The third-order valence-corrected chi connectivity index (χ3v) is 12.4. The van der Waals surface area contributed by atoms with Crippen molar-refractivity contribution in [3.05, 3.63) is 108 Å². The number of rotatable bonds is 8. The predicted molar refractivity (Wildman–Crippen MR) is 224 cm³/mol. The highest BCUT2D eigenvalue weighted by atomic mass is 19.1. The first-order valence-electron chi connectivity index (χ1n) is 21.4. The standard InChI is InChI=1S/C45H52FN9O2/c46-45(30-51-23-15-35(16-24-51)55-25-17-37-39(8-3-9-40(37)55)54-22-5-20-48-31-54)18-26-52(27-19-45)44(57)33-13-11-32(12-14-33)34-6-4-21-53(29-34)41-28-38(49-50-43(41)47)36-7-1-2-10-42(36)56/h1-3,5,7-14,17,22,25,28,34-35,48,56H,4,6,15-16,18-21,23-24,26-27,29-31H2,(H2,47,50)/i20D,31D. The van der Waals surface area contributed by atoms with E-state index >= 15 is 4.39 Å². The average molecular weight is 772 g/mol. The van der Waals surface area contributed by atoms with Crippen LogP contribution in [0.1, 0.15) is 69.1 Å². The number of alkyl halides is 1. The van der Waals surface area contributed by atoms with Crippen molar-refractivity contribution in [2.75, 3.05) is 74.5 Å². The van der Waals surface area contributed by atoms with Crippen LogP contribution in [0.5, 0.6) is 5.75 Å². The number of anilines is 3. The van der Waals surface area contributed by atoms with Crippen LogP contribution in [0.25, 0.3) is 22.2 Å². The number of para-hydroxylation sites is 1. The Kier molecular flexibility index (Phi) is 9.65. The van der Waals surface area contributed by atoms with Crippen molar-refractivity contribution in [1.29, 1.82) is 0 Å². The summed E-state index contributed by atoms with van der Waals surface area (Å²) in [6.45, 7) is 3.08. The maximum Gasteiger partial charge on any atom is 0.253 e. The maximum atomic E-state index is 16.4. The van der Waals surface area contributed by atoms with Gasteiger partial charge in [0.2, 0.25) is 0 Å². The molecule has 0 spiro atoms.